The topological polar surface area (TPSA) is 50.2 Å². The molecule has 162 valence electrons. The fourth-order valence-electron chi connectivity index (χ4n) is 5.74. The Hall–Kier alpha value is -2.66. The van der Waals surface area contributed by atoms with Crippen LogP contribution in [0, 0.1) is 5.92 Å². The number of benzene rings is 1. The van der Waals surface area contributed by atoms with E-state index in [1.165, 1.54) is 22.0 Å². The van der Waals surface area contributed by atoms with E-state index < -0.39 is 0 Å². The fraction of sp³-hybridized carbons (Fsp3) is 0.462. The van der Waals surface area contributed by atoms with Crippen LogP contribution in [0.3, 0.4) is 0 Å². The van der Waals surface area contributed by atoms with Gasteiger partial charge in [0.2, 0.25) is 5.91 Å². The lowest BCUT2D eigenvalue weighted by Gasteiger charge is -2.45. The summed E-state index contributed by atoms with van der Waals surface area (Å²) >= 11 is 0. The zero-order valence-corrected chi connectivity index (χ0v) is 18.6. The van der Waals surface area contributed by atoms with Gasteiger partial charge in [-0.1, -0.05) is 25.1 Å². The lowest BCUT2D eigenvalue weighted by Crippen LogP contribution is -2.51. The van der Waals surface area contributed by atoms with Crippen LogP contribution in [0.4, 0.5) is 0 Å². The number of carbonyl (C=O) groups excluding carboxylic acids is 1. The van der Waals surface area contributed by atoms with E-state index in [1.807, 2.05) is 18.2 Å². The van der Waals surface area contributed by atoms with Crippen molar-refractivity contribution in [3.63, 3.8) is 0 Å². The van der Waals surface area contributed by atoms with Crippen LogP contribution in [0.1, 0.15) is 42.5 Å². The molecule has 5 heteroatoms. The van der Waals surface area contributed by atoms with Crippen molar-refractivity contribution in [2.75, 3.05) is 20.1 Å². The fourth-order valence-corrected chi connectivity index (χ4v) is 5.74. The van der Waals surface area contributed by atoms with Crippen molar-refractivity contribution in [1.29, 1.82) is 0 Å². The molecule has 1 N–H and O–H groups in total. The SMILES string of the molecule is CCCn1cc2c3c(cccc31)[C@H]1CC(C(=O)NCCc3ccccn3)CN(C)[C@@H]1C2. The number of piperidine rings is 1. The quantitative estimate of drug-likeness (QED) is 0.666. The van der Waals surface area contributed by atoms with Gasteiger partial charge < -0.3 is 14.8 Å². The van der Waals surface area contributed by atoms with Gasteiger partial charge in [0, 0.05) is 67.0 Å². The molecule has 5 rings (SSSR count). The molecule has 1 aliphatic heterocycles. The number of carbonyl (C=O) groups is 1. The van der Waals surface area contributed by atoms with Gasteiger partial charge in [0.15, 0.2) is 0 Å². The highest BCUT2D eigenvalue weighted by molar-refractivity contribution is 5.89. The Balaban J connectivity index is 1.34. The molecular formula is C26H32N4O. The number of hydrogen-bond acceptors (Lipinski definition) is 3. The molecule has 0 saturated carbocycles. The number of aromatic nitrogens is 2. The first-order valence-corrected chi connectivity index (χ1v) is 11.6. The molecule has 31 heavy (non-hydrogen) atoms. The summed E-state index contributed by atoms with van der Waals surface area (Å²) < 4.78 is 2.42. The van der Waals surface area contributed by atoms with Gasteiger partial charge >= 0.3 is 0 Å². The van der Waals surface area contributed by atoms with E-state index in [2.05, 4.69) is 58.1 Å². The van der Waals surface area contributed by atoms with Crippen molar-refractivity contribution in [3.05, 3.63) is 65.6 Å². The Labute approximate surface area is 184 Å². The van der Waals surface area contributed by atoms with Crippen molar-refractivity contribution in [3.8, 4) is 0 Å². The van der Waals surface area contributed by atoms with Crippen LogP contribution in [0.25, 0.3) is 10.9 Å². The number of amides is 1. The van der Waals surface area contributed by atoms with Crippen LogP contribution in [-0.2, 0) is 24.2 Å². The summed E-state index contributed by atoms with van der Waals surface area (Å²) in [6.07, 6.45) is 8.11. The number of pyridine rings is 1. The van der Waals surface area contributed by atoms with E-state index in [0.29, 0.717) is 18.5 Å². The lowest BCUT2D eigenvalue weighted by molar-refractivity contribution is -0.127. The number of likely N-dealkylation sites (tertiary alicyclic amines) is 1. The van der Waals surface area contributed by atoms with Crippen LogP contribution in [0.2, 0.25) is 0 Å². The molecule has 5 nitrogen and oxygen atoms in total. The van der Waals surface area contributed by atoms with Gasteiger partial charge in [0.25, 0.3) is 0 Å². The molecule has 1 unspecified atom stereocenters. The number of nitrogens with zero attached hydrogens (tertiary/aromatic N) is 3. The summed E-state index contributed by atoms with van der Waals surface area (Å²) in [7, 11) is 2.19. The first-order chi connectivity index (χ1) is 15.2. The third-order valence-electron chi connectivity index (χ3n) is 7.16. The second kappa shape index (κ2) is 8.46. The van der Waals surface area contributed by atoms with Crippen molar-refractivity contribution in [1.82, 2.24) is 19.8 Å². The Morgan fingerprint density at radius 3 is 2.94 bits per heavy atom. The predicted molar refractivity (Wildman–Crippen MR) is 124 cm³/mol. The number of rotatable bonds is 6. The standard InChI is InChI=1S/C26H32N4O/c1-3-13-30-17-18-15-24-22(21-8-6-9-23(30)25(18)21)14-19(16-29(24)2)26(31)28-12-10-20-7-4-5-11-27-20/h4-9,11,17,19,22,24H,3,10,12-16H2,1-2H3,(H,28,31)/t19?,22-,24-/m1/s1. The van der Waals surface area contributed by atoms with E-state index >= 15 is 0 Å². The third kappa shape index (κ3) is 3.76. The minimum absolute atomic E-state index is 0.0320. The number of likely N-dealkylation sites (N-methyl/N-ethyl adjacent to an activating group) is 1. The number of fused-ring (bicyclic) bond motifs is 2. The van der Waals surface area contributed by atoms with E-state index in [-0.39, 0.29) is 11.8 Å². The maximum absolute atomic E-state index is 13.0. The average Bonchev–Trinajstić information content (AvgIpc) is 3.14. The van der Waals surface area contributed by atoms with Gasteiger partial charge in [-0.25, -0.2) is 0 Å². The highest BCUT2D eigenvalue weighted by Gasteiger charge is 2.41. The monoisotopic (exact) mass is 416 g/mol. The van der Waals surface area contributed by atoms with Crippen molar-refractivity contribution >= 4 is 16.8 Å². The molecule has 1 fully saturated rings. The molecule has 3 atom stereocenters. The molecule has 3 heterocycles. The molecule has 1 saturated heterocycles. The highest BCUT2D eigenvalue weighted by atomic mass is 16.1. The van der Waals surface area contributed by atoms with Crippen LogP contribution in [-0.4, -0.2) is 46.5 Å². The van der Waals surface area contributed by atoms with Gasteiger partial charge in [-0.05, 0) is 55.6 Å². The minimum atomic E-state index is 0.0320. The Morgan fingerprint density at radius 1 is 1.23 bits per heavy atom. The minimum Gasteiger partial charge on any atom is -0.355 e. The average molecular weight is 417 g/mol. The zero-order chi connectivity index (χ0) is 21.4. The summed E-state index contributed by atoms with van der Waals surface area (Å²) in [5, 5.41) is 4.62. The molecule has 0 bridgehead atoms. The van der Waals surface area contributed by atoms with Gasteiger partial charge in [0.1, 0.15) is 0 Å². The summed E-state index contributed by atoms with van der Waals surface area (Å²) in [6, 6.07) is 13.2. The highest BCUT2D eigenvalue weighted by Crippen LogP contribution is 2.45. The van der Waals surface area contributed by atoms with E-state index in [1.54, 1.807) is 6.20 Å². The van der Waals surface area contributed by atoms with Gasteiger partial charge in [-0.3, -0.25) is 9.78 Å². The van der Waals surface area contributed by atoms with Crippen molar-refractivity contribution in [2.45, 2.75) is 51.1 Å². The smallest absolute Gasteiger partial charge is 0.224 e. The number of aryl methyl sites for hydroxylation is 1. The summed E-state index contributed by atoms with van der Waals surface area (Å²) in [4.78, 5) is 19.8. The zero-order valence-electron chi connectivity index (χ0n) is 18.6. The molecule has 0 spiro atoms. The lowest BCUT2D eigenvalue weighted by atomic mass is 9.72. The summed E-state index contributed by atoms with van der Waals surface area (Å²) in [5.41, 5.74) is 5.30. The first kappa shape index (κ1) is 20.3. The van der Waals surface area contributed by atoms with Gasteiger partial charge in [-0.2, -0.15) is 0 Å². The van der Waals surface area contributed by atoms with Gasteiger partial charge in [-0.15, -0.1) is 0 Å². The van der Waals surface area contributed by atoms with E-state index in [9.17, 15) is 4.79 Å². The van der Waals surface area contributed by atoms with E-state index in [4.69, 9.17) is 0 Å². The Kier molecular flexibility index (Phi) is 5.53. The Bertz CT molecular complexity index is 1070. The third-order valence-corrected chi connectivity index (χ3v) is 7.16. The Morgan fingerprint density at radius 2 is 2.13 bits per heavy atom. The second-order valence-electron chi connectivity index (χ2n) is 9.20. The number of nitrogens with one attached hydrogen (secondary N) is 1. The molecule has 1 aromatic carbocycles. The molecule has 3 aromatic rings. The normalized spacial score (nSPS) is 23.0. The second-order valence-corrected chi connectivity index (χ2v) is 9.20. The number of hydrogen-bond donors (Lipinski definition) is 1. The first-order valence-electron chi connectivity index (χ1n) is 11.6. The van der Waals surface area contributed by atoms with Crippen LogP contribution in [0.15, 0.2) is 48.8 Å². The molecule has 1 aliphatic carbocycles. The molecule has 1 amide bonds. The maximum Gasteiger partial charge on any atom is 0.224 e. The summed E-state index contributed by atoms with van der Waals surface area (Å²) in [6.45, 7) is 4.77. The summed E-state index contributed by atoms with van der Waals surface area (Å²) in [5.74, 6) is 0.631. The van der Waals surface area contributed by atoms with Gasteiger partial charge in [0.05, 0.1) is 5.92 Å². The van der Waals surface area contributed by atoms with Crippen LogP contribution < -0.4 is 5.32 Å². The molecular weight excluding hydrogens is 384 g/mol. The largest absolute Gasteiger partial charge is 0.355 e. The van der Waals surface area contributed by atoms with E-state index in [0.717, 1.165) is 44.5 Å². The van der Waals surface area contributed by atoms with Crippen molar-refractivity contribution < 1.29 is 4.79 Å². The molecule has 2 aromatic heterocycles. The predicted octanol–water partition coefficient (Wildman–Crippen LogP) is 3.77. The van der Waals surface area contributed by atoms with Crippen LogP contribution >= 0.6 is 0 Å². The molecule has 2 aliphatic rings. The van der Waals surface area contributed by atoms with Crippen LogP contribution in [0.5, 0.6) is 0 Å². The molecule has 0 radical (unpaired) electrons. The maximum atomic E-state index is 13.0. The van der Waals surface area contributed by atoms with Crippen molar-refractivity contribution in [2.24, 2.45) is 5.92 Å².